The minimum Gasteiger partial charge on any atom is -0.298 e. The lowest BCUT2D eigenvalue weighted by Crippen LogP contribution is -1.93. The van der Waals surface area contributed by atoms with Gasteiger partial charge in [0.1, 0.15) is 5.82 Å². The molecule has 0 saturated carbocycles. The van der Waals surface area contributed by atoms with Gasteiger partial charge in [-0.05, 0) is 29.3 Å². The fraction of sp³-hybridized carbons (Fsp3) is 0. The third kappa shape index (κ3) is 2.06. The van der Waals surface area contributed by atoms with Gasteiger partial charge in [0.25, 0.3) is 0 Å². The molecule has 0 aliphatic carbocycles. The number of hydrogen-bond donors (Lipinski definition) is 0. The van der Waals surface area contributed by atoms with Gasteiger partial charge in [-0.15, -0.1) is 0 Å². The van der Waals surface area contributed by atoms with E-state index in [9.17, 15) is 18.0 Å². The molecule has 0 atom stereocenters. The maximum atomic E-state index is 13.3. The fourth-order valence-corrected chi connectivity index (χ4v) is 1.57. The summed E-state index contributed by atoms with van der Waals surface area (Å²) in [5.41, 5.74) is 0.322. The first kappa shape index (κ1) is 11.4. The van der Waals surface area contributed by atoms with Crippen LogP contribution >= 0.6 is 0 Å². The summed E-state index contributed by atoms with van der Waals surface area (Å²) in [5.74, 6) is -2.72. The first-order valence-electron chi connectivity index (χ1n) is 4.82. The number of benzene rings is 2. The molecule has 0 aliphatic rings. The van der Waals surface area contributed by atoms with Crippen molar-refractivity contribution in [1.82, 2.24) is 0 Å². The van der Waals surface area contributed by atoms with Crippen LogP contribution in [0.1, 0.15) is 10.4 Å². The van der Waals surface area contributed by atoms with Crippen molar-refractivity contribution in [2.45, 2.75) is 0 Å². The zero-order valence-electron chi connectivity index (χ0n) is 8.58. The Labute approximate surface area is 95.5 Å². The molecule has 0 amide bonds. The van der Waals surface area contributed by atoms with Crippen LogP contribution in [0.15, 0.2) is 36.4 Å². The molecule has 2 rings (SSSR count). The van der Waals surface area contributed by atoms with Crippen LogP contribution in [-0.4, -0.2) is 6.29 Å². The molecule has 0 fully saturated rings. The third-order valence-corrected chi connectivity index (χ3v) is 2.40. The molecule has 1 nitrogen and oxygen atoms in total. The van der Waals surface area contributed by atoms with Gasteiger partial charge in [-0.25, -0.2) is 13.2 Å². The van der Waals surface area contributed by atoms with Gasteiger partial charge in [0.05, 0.1) is 5.56 Å². The zero-order valence-corrected chi connectivity index (χ0v) is 8.58. The van der Waals surface area contributed by atoms with E-state index in [-0.39, 0.29) is 16.7 Å². The number of aldehydes is 1. The molecule has 0 radical (unpaired) electrons. The summed E-state index contributed by atoms with van der Waals surface area (Å²) in [6.07, 6.45) is 0.353. The monoisotopic (exact) mass is 236 g/mol. The van der Waals surface area contributed by atoms with Crippen LogP contribution in [0.5, 0.6) is 0 Å². The average Bonchev–Trinajstić information content (AvgIpc) is 2.32. The normalized spacial score (nSPS) is 10.3. The highest BCUT2D eigenvalue weighted by Crippen LogP contribution is 2.25. The van der Waals surface area contributed by atoms with E-state index in [0.717, 1.165) is 18.2 Å². The largest absolute Gasteiger partial charge is 0.298 e. The predicted octanol–water partition coefficient (Wildman–Crippen LogP) is 3.58. The Balaban J connectivity index is 2.64. The van der Waals surface area contributed by atoms with E-state index in [1.54, 1.807) is 0 Å². The molecule has 2 aromatic carbocycles. The third-order valence-electron chi connectivity index (χ3n) is 2.40. The molecule has 0 unspecified atom stereocenters. The van der Waals surface area contributed by atoms with Crippen LogP contribution < -0.4 is 0 Å². The van der Waals surface area contributed by atoms with Crippen LogP contribution in [-0.2, 0) is 0 Å². The van der Waals surface area contributed by atoms with Crippen molar-refractivity contribution < 1.29 is 18.0 Å². The molecule has 17 heavy (non-hydrogen) atoms. The SMILES string of the molecule is O=Cc1c(F)cccc1-c1ccc(F)c(F)c1. The van der Waals surface area contributed by atoms with Crippen LogP contribution in [0.3, 0.4) is 0 Å². The lowest BCUT2D eigenvalue weighted by molar-refractivity contribution is 0.112. The van der Waals surface area contributed by atoms with E-state index in [1.807, 2.05) is 0 Å². The molecule has 4 heteroatoms. The van der Waals surface area contributed by atoms with Gasteiger partial charge < -0.3 is 0 Å². The summed E-state index contributed by atoms with van der Waals surface area (Å²) < 4.78 is 39.1. The Kier molecular flexibility index (Phi) is 2.95. The lowest BCUT2D eigenvalue weighted by Gasteiger charge is -2.06. The van der Waals surface area contributed by atoms with E-state index in [1.165, 1.54) is 18.2 Å². The standard InChI is InChI=1S/C13H7F3O/c14-11-3-1-2-9(10(11)7-17)8-4-5-12(15)13(16)6-8/h1-7H. The van der Waals surface area contributed by atoms with Crippen LogP contribution in [0.2, 0.25) is 0 Å². The Morgan fingerprint density at radius 2 is 1.65 bits per heavy atom. The number of halogens is 3. The van der Waals surface area contributed by atoms with Gasteiger partial charge in [-0.3, -0.25) is 4.79 Å². The van der Waals surface area contributed by atoms with E-state index in [4.69, 9.17) is 0 Å². The molecular weight excluding hydrogens is 229 g/mol. The molecule has 0 aliphatic heterocycles. The minimum atomic E-state index is -1.04. The molecule has 0 N–H and O–H groups in total. The topological polar surface area (TPSA) is 17.1 Å². The van der Waals surface area contributed by atoms with Crippen molar-refractivity contribution >= 4 is 6.29 Å². The summed E-state index contributed by atoms with van der Waals surface area (Å²) in [4.78, 5) is 10.8. The quantitative estimate of drug-likeness (QED) is 0.728. The van der Waals surface area contributed by atoms with Crippen molar-refractivity contribution in [3.8, 4) is 11.1 Å². The smallest absolute Gasteiger partial charge is 0.159 e. The summed E-state index contributed by atoms with van der Waals surface area (Å²) >= 11 is 0. The van der Waals surface area contributed by atoms with Gasteiger partial charge in [0, 0.05) is 0 Å². The number of hydrogen-bond acceptors (Lipinski definition) is 1. The predicted molar refractivity (Wildman–Crippen MR) is 57.1 cm³/mol. The molecule has 2 aromatic rings. The highest BCUT2D eigenvalue weighted by atomic mass is 19.2. The van der Waals surface area contributed by atoms with Crippen molar-refractivity contribution in [1.29, 1.82) is 0 Å². The molecule has 0 spiro atoms. The van der Waals surface area contributed by atoms with Gasteiger partial charge in [0.2, 0.25) is 0 Å². The van der Waals surface area contributed by atoms with Crippen LogP contribution in [0.25, 0.3) is 11.1 Å². The van der Waals surface area contributed by atoms with Crippen molar-refractivity contribution in [3.63, 3.8) is 0 Å². The van der Waals surface area contributed by atoms with Gasteiger partial charge in [-0.1, -0.05) is 18.2 Å². The van der Waals surface area contributed by atoms with Gasteiger partial charge in [-0.2, -0.15) is 0 Å². The van der Waals surface area contributed by atoms with E-state index in [0.29, 0.717) is 6.29 Å². The van der Waals surface area contributed by atoms with Crippen molar-refractivity contribution in [2.75, 3.05) is 0 Å². The number of carbonyl (C=O) groups is 1. The van der Waals surface area contributed by atoms with Crippen molar-refractivity contribution in [3.05, 3.63) is 59.4 Å². The molecule has 86 valence electrons. The Morgan fingerprint density at radius 3 is 2.29 bits per heavy atom. The maximum absolute atomic E-state index is 13.3. The van der Waals surface area contributed by atoms with E-state index in [2.05, 4.69) is 0 Å². The summed E-state index contributed by atoms with van der Waals surface area (Å²) in [7, 11) is 0. The molecule has 0 saturated heterocycles. The summed E-state index contributed by atoms with van der Waals surface area (Å²) in [6.45, 7) is 0. The van der Waals surface area contributed by atoms with Gasteiger partial charge >= 0.3 is 0 Å². The van der Waals surface area contributed by atoms with Gasteiger partial charge in [0.15, 0.2) is 17.9 Å². The summed E-state index contributed by atoms with van der Waals surface area (Å²) in [6, 6.07) is 7.16. The highest BCUT2D eigenvalue weighted by Gasteiger charge is 2.11. The first-order valence-corrected chi connectivity index (χ1v) is 4.82. The lowest BCUT2D eigenvalue weighted by atomic mass is 10.00. The molecule has 0 aromatic heterocycles. The fourth-order valence-electron chi connectivity index (χ4n) is 1.57. The maximum Gasteiger partial charge on any atom is 0.159 e. The van der Waals surface area contributed by atoms with E-state index < -0.39 is 17.5 Å². The minimum absolute atomic E-state index is 0.168. The molecule has 0 bridgehead atoms. The Morgan fingerprint density at radius 1 is 0.882 bits per heavy atom. The second-order valence-corrected chi connectivity index (χ2v) is 3.45. The average molecular weight is 236 g/mol. The highest BCUT2D eigenvalue weighted by molar-refractivity contribution is 5.87. The number of rotatable bonds is 2. The summed E-state index contributed by atoms with van der Waals surface area (Å²) in [5, 5.41) is 0. The second kappa shape index (κ2) is 4.41. The van der Waals surface area contributed by atoms with Crippen LogP contribution in [0.4, 0.5) is 13.2 Å². The molecular formula is C13H7F3O. The van der Waals surface area contributed by atoms with Crippen LogP contribution in [0, 0.1) is 17.5 Å². The number of carbonyl (C=O) groups excluding carboxylic acids is 1. The molecule has 0 heterocycles. The van der Waals surface area contributed by atoms with E-state index >= 15 is 0 Å². The second-order valence-electron chi connectivity index (χ2n) is 3.45. The van der Waals surface area contributed by atoms with Crippen molar-refractivity contribution in [2.24, 2.45) is 0 Å². The first-order chi connectivity index (χ1) is 8.13. The Bertz CT molecular complexity index is 579. The Hall–Kier alpha value is -2.10. The zero-order chi connectivity index (χ0) is 12.4.